The van der Waals surface area contributed by atoms with Gasteiger partial charge in [0.15, 0.2) is 0 Å². The molecular formula is C17H30O. The van der Waals surface area contributed by atoms with Crippen molar-refractivity contribution in [3.63, 3.8) is 0 Å². The fourth-order valence-electron chi connectivity index (χ4n) is 5.17. The highest BCUT2D eigenvalue weighted by molar-refractivity contribution is 4.99. The molecule has 2 atom stereocenters. The molecule has 3 fully saturated rings. The average Bonchev–Trinajstić information content (AvgIpc) is 2.83. The second kappa shape index (κ2) is 4.81. The Bertz CT molecular complexity index is 280. The molecule has 1 N–H and O–H groups in total. The molecule has 0 aromatic heterocycles. The lowest BCUT2D eigenvalue weighted by atomic mass is 9.61. The van der Waals surface area contributed by atoms with Crippen molar-refractivity contribution in [2.45, 2.75) is 89.6 Å². The summed E-state index contributed by atoms with van der Waals surface area (Å²) in [5.41, 5.74) is 0.370. The third-order valence-corrected chi connectivity index (χ3v) is 6.54. The van der Waals surface area contributed by atoms with E-state index in [1.54, 1.807) is 0 Å². The standard InChI is InChI=1S/C17H30O/c1-14-5-4-6-15(13-14)17(18)11-9-16(10-12-17)7-2-3-8-16/h14-15,18H,2-13H2,1H3. The van der Waals surface area contributed by atoms with E-state index < -0.39 is 0 Å². The van der Waals surface area contributed by atoms with Gasteiger partial charge in [-0.05, 0) is 68.6 Å². The van der Waals surface area contributed by atoms with Crippen LogP contribution in [0.4, 0.5) is 0 Å². The lowest BCUT2D eigenvalue weighted by Gasteiger charge is -2.48. The molecule has 1 spiro atoms. The molecule has 0 bridgehead atoms. The summed E-state index contributed by atoms with van der Waals surface area (Å²) in [6.07, 6.45) is 15.9. The fraction of sp³-hybridized carbons (Fsp3) is 1.00. The van der Waals surface area contributed by atoms with E-state index in [0.717, 1.165) is 18.8 Å². The van der Waals surface area contributed by atoms with E-state index in [-0.39, 0.29) is 5.60 Å². The Hall–Kier alpha value is -0.0400. The van der Waals surface area contributed by atoms with Crippen molar-refractivity contribution >= 4 is 0 Å². The molecule has 0 heterocycles. The van der Waals surface area contributed by atoms with Gasteiger partial charge in [0.1, 0.15) is 0 Å². The molecule has 1 heteroatoms. The van der Waals surface area contributed by atoms with Crippen LogP contribution in [0, 0.1) is 17.3 Å². The Morgan fingerprint density at radius 1 is 0.833 bits per heavy atom. The predicted octanol–water partition coefficient (Wildman–Crippen LogP) is 4.68. The average molecular weight is 250 g/mol. The number of aliphatic hydroxyl groups is 1. The largest absolute Gasteiger partial charge is 0.390 e. The Morgan fingerprint density at radius 3 is 2.11 bits per heavy atom. The van der Waals surface area contributed by atoms with Crippen LogP contribution < -0.4 is 0 Å². The third-order valence-electron chi connectivity index (χ3n) is 6.54. The topological polar surface area (TPSA) is 20.2 Å². The Morgan fingerprint density at radius 2 is 1.50 bits per heavy atom. The van der Waals surface area contributed by atoms with Crippen LogP contribution in [0.2, 0.25) is 0 Å². The van der Waals surface area contributed by atoms with Crippen LogP contribution in [0.25, 0.3) is 0 Å². The number of hydrogen-bond acceptors (Lipinski definition) is 1. The van der Waals surface area contributed by atoms with E-state index >= 15 is 0 Å². The zero-order valence-electron chi connectivity index (χ0n) is 12.1. The van der Waals surface area contributed by atoms with Gasteiger partial charge >= 0.3 is 0 Å². The molecule has 0 saturated heterocycles. The van der Waals surface area contributed by atoms with Crippen LogP contribution in [0.5, 0.6) is 0 Å². The summed E-state index contributed by atoms with van der Waals surface area (Å²) in [6, 6.07) is 0. The molecule has 0 aliphatic heterocycles. The molecular weight excluding hydrogens is 220 g/mol. The molecule has 0 amide bonds. The SMILES string of the molecule is CC1CCCC(C2(O)CCC3(CCCC3)CC2)C1. The molecule has 1 nitrogen and oxygen atoms in total. The molecule has 104 valence electrons. The number of hydrogen-bond donors (Lipinski definition) is 1. The minimum absolute atomic E-state index is 0.289. The number of rotatable bonds is 1. The highest BCUT2D eigenvalue weighted by atomic mass is 16.3. The van der Waals surface area contributed by atoms with Gasteiger partial charge < -0.3 is 5.11 Å². The fourth-order valence-corrected chi connectivity index (χ4v) is 5.17. The second-order valence-corrected chi connectivity index (χ2v) is 7.78. The lowest BCUT2D eigenvalue weighted by molar-refractivity contribution is -0.0907. The maximum absolute atomic E-state index is 11.1. The van der Waals surface area contributed by atoms with Crippen molar-refractivity contribution in [1.82, 2.24) is 0 Å². The summed E-state index contributed by atoms with van der Waals surface area (Å²) in [6.45, 7) is 2.37. The minimum atomic E-state index is -0.289. The van der Waals surface area contributed by atoms with E-state index in [1.165, 1.54) is 64.2 Å². The first-order chi connectivity index (χ1) is 8.62. The molecule has 0 aromatic rings. The molecule has 3 saturated carbocycles. The van der Waals surface area contributed by atoms with Crippen molar-refractivity contribution < 1.29 is 5.11 Å². The van der Waals surface area contributed by atoms with Crippen LogP contribution in [-0.2, 0) is 0 Å². The summed E-state index contributed by atoms with van der Waals surface area (Å²) in [5.74, 6) is 1.45. The zero-order valence-corrected chi connectivity index (χ0v) is 12.1. The normalized spacial score (nSPS) is 39.0. The highest BCUT2D eigenvalue weighted by Crippen LogP contribution is 2.54. The smallest absolute Gasteiger partial charge is 0.0676 e. The van der Waals surface area contributed by atoms with E-state index in [4.69, 9.17) is 0 Å². The first-order valence-electron chi connectivity index (χ1n) is 8.34. The van der Waals surface area contributed by atoms with E-state index in [0.29, 0.717) is 11.3 Å². The van der Waals surface area contributed by atoms with Gasteiger partial charge in [0.2, 0.25) is 0 Å². The maximum atomic E-state index is 11.1. The molecule has 0 radical (unpaired) electrons. The van der Waals surface area contributed by atoms with Crippen molar-refractivity contribution in [3.05, 3.63) is 0 Å². The lowest BCUT2D eigenvalue weighted by Crippen LogP contribution is -2.45. The van der Waals surface area contributed by atoms with Crippen molar-refractivity contribution in [3.8, 4) is 0 Å². The summed E-state index contributed by atoms with van der Waals surface area (Å²) in [5, 5.41) is 11.1. The molecule has 3 aliphatic rings. The van der Waals surface area contributed by atoms with Gasteiger partial charge in [-0.25, -0.2) is 0 Å². The highest BCUT2D eigenvalue weighted by Gasteiger charge is 2.46. The minimum Gasteiger partial charge on any atom is -0.390 e. The molecule has 18 heavy (non-hydrogen) atoms. The van der Waals surface area contributed by atoms with Crippen LogP contribution in [0.1, 0.15) is 84.0 Å². The van der Waals surface area contributed by atoms with E-state index in [9.17, 15) is 5.11 Å². The molecule has 0 aromatic carbocycles. The second-order valence-electron chi connectivity index (χ2n) is 7.78. The van der Waals surface area contributed by atoms with Gasteiger partial charge in [-0.2, -0.15) is 0 Å². The summed E-state index contributed by atoms with van der Waals surface area (Å²) >= 11 is 0. The maximum Gasteiger partial charge on any atom is 0.0676 e. The van der Waals surface area contributed by atoms with E-state index in [2.05, 4.69) is 6.92 Å². The van der Waals surface area contributed by atoms with E-state index in [1.807, 2.05) is 0 Å². The van der Waals surface area contributed by atoms with Gasteiger partial charge in [0.05, 0.1) is 5.60 Å². The molecule has 3 aliphatic carbocycles. The van der Waals surface area contributed by atoms with Crippen LogP contribution >= 0.6 is 0 Å². The van der Waals surface area contributed by atoms with Gasteiger partial charge in [-0.3, -0.25) is 0 Å². The first kappa shape index (κ1) is 13.0. The zero-order chi connectivity index (χ0) is 12.6. The van der Waals surface area contributed by atoms with Crippen molar-refractivity contribution in [1.29, 1.82) is 0 Å². The van der Waals surface area contributed by atoms with Gasteiger partial charge in [0.25, 0.3) is 0 Å². The van der Waals surface area contributed by atoms with Gasteiger partial charge in [0, 0.05) is 0 Å². The van der Waals surface area contributed by atoms with Crippen LogP contribution in [-0.4, -0.2) is 10.7 Å². The quantitative estimate of drug-likeness (QED) is 0.716. The van der Waals surface area contributed by atoms with Gasteiger partial charge in [-0.15, -0.1) is 0 Å². The Balaban J connectivity index is 1.62. The predicted molar refractivity (Wildman–Crippen MR) is 75.4 cm³/mol. The van der Waals surface area contributed by atoms with Crippen LogP contribution in [0.3, 0.4) is 0 Å². The van der Waals surface area contributed by atoms with Crippen LogP contribution in [0.15, 0.2) is 0 Å². The molecule has 2 unspecified atom stereocenters. The molecule has 3 rings (SSSR count). The van der Waals surface area contributed by atoms with Gasteiger partial charge in [-0.1, -0.05) is 32.6 Å². The first-order valence-corrected chi connectivity index (χ1v) is 8.34. The Kier molecular flexibility index (Phi) is 3.47. The summed E-state index contributed by atoms with van der Waals surface area (Å²) < 4.78 is 0. The van der Waals surface area contributed by atoms with Crippen molar-refractivity contribution in [2.75, 3.05) is 0 Å². The van der Waals surface area contributed by atoms with Crippen molar-refractivity contribution in [2.24, 2.45) is 17.3 Å². The summed E-state index contributed by atoms with van der Waals surface area (Å²) in [7, 11) is 0. The summed E-state index contributed by atoms with van der Waals surface area (Å²) in [4.78, 5) is 0. The Labute approximate surface area is 112 Å². The third kappa shape index (κ3) is 2.35. The monoisotopic (exact) mass is 250 g/mol.